The lowest BCUT2D eigenvalue weighted by atomic mass is 10.1. The van der Waals surface area contributed by atoms with Crippen molar-refractivity contribution in [2.45, 2.75) is 20.8 Å². The number of pyridine rings is 1. The second-order valence-electron chi connectivity index (χ2n) is 7.38. The van der Waals surface area contributed by atoms with Crippen LogP contribution in [0.5, 0.6) is 0 Å². The predicted octanol–water partition coefficient (Wildman–Crippen LogP) is 3.28. The van der Waals surface area contributed by atoms with Gasteiger partial charge in [0.2, 0.25) is 0 Å². The Hall–Kier alpha value is -3.19. The Morgan fingerprint density at radius 3 is 2.45 bits per heavy atom. The lowest BCUT2D eigenvalue weighted by molar-refractivity contribution is 0.102. The number of ether oxygens (including phenoxy) is 1. The molecule has 7 nitrogen and oxygen atoms in total. The molecule has 0 atom stereocenters. The Morgan fingerprint density at radius 1 is 1.00 bits per heavy atom. The quantitative estimate of drug-likeness (QED) is 0.739. The van der Waals surface area contributed by atoms with E-state index in [0.717, 1.165) is 30.2 Å². The van der Waals surface area contributed by atoms with Gasteiger partial charge in [0.1, 0.15) is 5.69 Å². The maximum absolute atomic E-state index is 12.7. The SMILES string of the molecule is Cc1cc(C)cc(-n2nc(NC(=O)c3cc(N4CCOCC4)ccn3)cc2C)c1. The van der Waals surface area contributed by atoms with Gasteiger partial charge in [-0.15, -0.1) is 5.10 Å². The van der Waals surface area contributed by atoms with Crippen LogP contribution in [-0.4, -0.2) is 47.0 Å². The second kappa shape index (κ2) is 8.05. The van der Waals surface area contributed by atoms with Crippen LogP contribution in [0.25, 0.3) is 5.69 Å². The summed E-state index contributed by atoms with van der Waals surface area (Å²) in [5.41, 5.74) is 5.61. The first kappa shape index (κ1) is 19.1. The minimum Gasteiger partial charge on any atom is -0.378 e. The molecule has 0 spiro atoms. The number of nitrogens with zero attached hydrogens (tertiary/aromatic N) is 4. The van der Waals surface area contributed by atoms with E-state index in [1.807, 2.05) is 29.8 Å². The summed E-state index contributed by atoms with van der Waals surface area (Å²) in [6.45, 7) is 9.10. The van der Waals surface area contributed by atoms with E-state index in [4.69, 9.17) is 4.74 Å². The summed E-state index contributed by atoms with van der Waals surface area (Å²) < 4.78 is 7.24. The van der Waals surface area contributed by atoms with E-state index in [9.17, 15) is 4.79 Å². The third-order valence-electron chi connectivity index (χ3n) is 4.93. The molecule has 3 heterocycles. The van der Waals surface area contributed by atoms with Gasteiger partial charge in [0.25, 0.3) is 5.91 Å². The van der Waals surface area contributed by atoms with Gasteiger partial charge in [0.15, 0.2) is 5.82 Å². The van der Waals surface area contributed by atoms with E-state index in [-0.39, 0.29) is 5.91 Å². The fourth-order valence-corrected chi connectivity index (χ4v) is 3.61. The molecule has 1 aliphatic heterocycles. The summed E-state index contributed by atoms with van der Waals surface area (Å²) in [5.74, 6) is 0.232. The minimum absolute atomic E-state index is 0.273. The number of rotatable bonds is 4. The maximum atomic E-state index is 12.7. The third kappa shape index (κ3) is 4.30. The number of hydrogen-bond acceptors (Lipinski definition) is 5. The van der Waals surface area contributed by atoms with Crippen molar-refractivity contribution in [2.24, 2.45) is 0 Å². The number of morpholine rings is 1. The number of benzene rings is 1. The van der Waals surface area contributed by atoms with Gasteiger partial charge in [-0.1, -0.05) is 6.07 Å². The molecular formula is C22H25N5O2. The van der Waals surface area contributed by atoms with E-state index < -0.39 is 0 Å². The number of amides is 1. The Balaban J connectivity index is 1.53. The molecule has 1 N–H and O–H groups in total. The van der Waals surface area contributed by atoms with Crippen LogP contribution in [0.15, 0.2) is 42.6 Å². The topological polar surface area (TPSA) is 72.3 Å². The lowest BCUT2D eigenvalue weighted by Gasteiger charge is -2.28. The number of aryl methyl sites for hydroxylation is 3. The lowest BCUT2D eigenvalue weighted by Crippen LogP contribution is -2.36. The van der Waals surface area contributed by atoms with E-state index in [2.05, 4.69) is 52.3 Å². The average Bonchev–Trinajstić information content (AvgIpc) is 3.08. The Morgan fingerprint density at radius 2 is 1.72 bits per heavy atom. The number of anilines is 2. The fourth-order valence-electron chi connectivity index (χ4n) is 3.61. The molecule has 3 aromatic rings. The molecular weight excluding hydrogens is 366 g/mol. The van der Waals surface area contributed by atoms with Crippen molar-refractivity contribution < 1.29 is 9.53 Å². The average molecular weight is 391 g/mol. The minimum atomic E-state index is -0.273. The summed E-state index contributed by atoms with van der Waals surface area (Å²) in [6, 6.07) is 11.9. The highest BCUT2D eigenvalue weighted by Gasteiger charge is 2.16. The van der Waals surface area contributed by atoms with E-state index in [0.29, 0.717) is 24.7 Å². The molecule has 1 amide bonds. The van der Waals surface area contributed by atoms with E-state index >= 15 is 0 Å². The fraction of sp³-hybridized carbons (Fsp3) is 0.318. The van der Waals surface area contributed by atoms with Crippen molar-refractivity contribution in [1.82, 2.24) is 14.8 Å². The van der Waals surface area contributed by atoms with Crippen LogP contribution in [0, 0.1) is 20.8 Å². The molecule has 2 aromatic heterocycles. The van der Waals surface area contributed by atoms with Gasteiger partial charge in [0.05, 0.1) is 18.9 Å². The maximum Gasteiger partial charge on any atom is 0.275 e. The molecule has 1 aromatic carbocycles. The van der Waals surface area contributed by atoms with Crippen LogP contribution in [0.1, 0.15) is 27.3 Å². The number of hydrogen-bond donors (Lipinski definition) is 1. The van der Waals surface area contributed by atoms with Crippen molar-refractivity contribution in [2.75, 3.05) is 36.5 Å². The molecule has 4 rings (SSSR count). The number of carbonyl (C=O) groups excluding carboxylic acids is 1. The highest BCUT2D eigenvalue weighted by Crippen LogP contribution is 2.20. The van der Waals surface area contributed by atoms with Gasteiger partial charge in [-0.3, -0.25) is 9.78 Å². The molecule has 29 heavy (non-hydrogen) atoms. The first-order valence-corrected chi connectivity index (χ1v) is 9.75. The molecule has 0 radical (unpaired) electrons. The van der Waals surface area contributed by atoms with Crippen LogP contribution in [-0.2, 0) is 4.74 Å². The van der Waals surface area contributed by atoms with Gasteiger partial charge >= 0.3 is 0 Å². The third-order valence-corrected chi connectivity index (χ3v) is 4.93. The normalized spacial score (nSPS) is 14.1. The summed E-state index contributed by atoms with van der Waals surface area (Å²) >= 11 is 0. The van der Waals surface area contributed by atoms with Crippen molar-refractivity contribution in [3.05, 3.63) is 65.1 Å². The number of nitrogens with one attached hydrogen (secondary N) is 1. The van der Waals surface area contributed by atoms with Crippen molar-refractivity contribution in [1.29, 1.82) is 0 Å². The van der Waals surface area contributed by atoms with Crippen molar-refractivity contribution >= 4 is 17.4 Å². The highest BCUT2D eigenvalue weighted by molar-refractivity contribution is 6.02. The zero-order valence-corrected chi connectivity index (χ0v) is 17.0. The first-order valence-electron chi connectivity index (χ1n) is 9.75. The summed E-state index contributed by atoms with van der Waals surface area (Å²) in [6.07, 6.45) is 1.67. The van der Waals surface area contributed by atoms with Crippen LogP contribution < -0.4 is 10.2 Å². The van der Waals surface area contributed by atoms with Gasteiger partial charge in [-0.2, -0.15) is 0 Å². The Kier molecular flexibility index (Phi) is 5.31. The van der Waals surface area contributed by atoms with Crippen molar-refractivity contribution in [3.63, 3.8) is 0 Å². The largest absolute Gasteiger partial charge is 0.378 e. The van der Waals surface area contributed by atoms with E-state index in [1.165, 1.54) is 11.1 Å². The monoisotopic (exact) mass is 391 g/mol. The highest BCUT2D eigenvalue weighted by atomic mass is 16.5. The molecule has 1 saturated heterocycles. The van der Waals surface area contributed by atoms with Gasteiger partial charge in [-0.05, 0) is 56.2 Å². The summed E-state index contributed by atoms with van der Waals surface area (Å²) in [5, 5.41) is 7.44. The van der Waals surface area contributed by atoms with Gasteiger partial charge in [0, 0.05) is 36.7 Å². The van der Waals surface area contributed by atoms with Gasteiger partial charge < -0.3 is 15.0 Å². The molecule has 0 bridgehead atoms. The zero-order valence-electron chi connectivity index (χ0n) is 17.0. The first-order chi connectivity index (χ1) is 14.0. The van der Waals surface area contributed by atoms with Crippen LogP contribution in [0.3, 0.4) is 0 Å². The van der Waals surface area contributed by atoms with Gasteiger partial charge in [-0.25, -0.2) is 4.68 Å². The number of aromatic nitrogens is 3. The zero-order chi connectivity index (χ0) is 20.4. The standard InChI is InChI=1S/C22H25N5O2/c1-15-10-16(2)12-19(11-15)27-17(3)13-21(25-27)24-22(28)20-14-18(4-5-23-20)26-6-8-29-9-7-26/h4-5,10-14H,6-9H2,1-3H3,(H,24,25,28). The molecule has 150 valence electrons. The van der Waals surface area contributed by atoms with E-state index in [1.54, 1.807) is 6.20 Å². The summed E-state index contributed by atoms with van der Waals surface area (Å²) in [4.78, 5) is 19.2. The van der Waals surface area contributed by atoms with Crippen molar-refractivity contribution in [3.8, 4) is 5.69 Å². The molecule has 1 fully saturated rings. The smallest absolute Gasteiger partial charge is 0.275 e. The van der Waals surface area contributed by atoms with Crippen LogP contribution >= 0.6 is 0 Å². The molecule has 0 unspecified atom stereocenters. The number of carbonyl (C=O) groups is 1. The van der Waals surface area contributed by atoms with Crippen LogP contribution in [0.4, 0.5) is 11.5 Å². The molecule has 0 saturated carbocycles. The van der Waals surface area contributed by atoms with Crippen LogP contribution in [0.2, 0.25) is 0 Å². The molecule has 1 aliphatic rings. The second-order valence-corrected chi connectivity index (χ2v) is 7.38. The summed E-state index contributed by atoms with van der Waals surface area (Å²) in [7, 11) is 0. The molecule has 7 heteroatoms. The molecule has 0 aliphatic carbocycles. The Labute approximate surface area is 170 Å². The predicted molar refractivity (Wildman–Crippen MR) is 113 cm³/mol. The Bertz CT molecular complexity index is 1020.